The Hall–Kier alpha value is -1.52. The number of thiophene rings is 1. The third-order valence-corrected chi connectivity index (χ3v) is 9.10. The van der Waals surface area contributed by atoms with Gasteiger partial charge in [-0.3, -0.25) is 0 Å². The van der Waals surface area contributed by atoms with Gasteiger partial charge in [-0.1, -0.05) is 6.07 Å². The van der Waals surface area contributed by atoms with Gasteiger partial charge in [0.05, 0.1) is 5.60 Å². The minimum atomic E-state index is -3.47. The Bertz CT molecular complexity index is 1110. The highest BCUT2D eigenvalue weighted by atomic mass is 32.2. The van der Waals surface area contributed by atoms with E-state index >= 15 is 0 Å². The predicted octanol–water partition coefficient (Wildman–Crippen LogP) is 3.59. The maximum atomic E-state index is 14.7. The Labute approximate surface area is 180 Å². The largest absolute Gasteiger partial charge is 0.386 e. The van der Waals surface area contributed by atoms with Gasteiger partial charge in [0.25, 0.3) is 0 Å². The van der Waals surface area contributed by atoms with E-state index in [0.29, 0.717) is 0 Å². The zero-order chi connectivity index (χ0) is 21.3. The number of halogens is 1. The molecule has 0 saturated carbocycles. The molecule has 30 heavy (non-hydrogen) atoms. The highest BCUT2D eigenvalue weighted by Gasteiger charge is 2.42. The number of nitrogens with one attached hydrogen (secondary N) is 1. The molecule has 1 aliphatic heterocycles. The van der Waals surface area contributed by atoms with Gasteiger partial charge in [-0.2, -0.15) is 4.36 Å². The molecule has 2 aliphatic carbocycles. The van der Waals surface area contributed by atoms with Crippen LogP contribution < -0.4 is 10.5 Å². The molecule has 4 N–H and O–H groups in total. The molecular formula is C21H26FN3O3S2. The number of ether oxygens (including phenoxy) is 1. The Balaban J connectivity index is 1.40. The van der Waals surface area contributed by atoms with E-state index in [0.717, 1.165) is 55.5 Å². The minimum Gasteiger partial charge on any atom is -0.386 e. The second-order valence-corrected chi connectivity index (χ2v) is 11.7. The molecule has 5 rings (SSSR count). The molecule has 0 spiro atoms. The molecule has 162 valence electrons. The van der Waals surface area contributed by atoms with Gasteiger partial charge >= 0.3 is 0 Å². The Morgan fingerprint density at radius 1 is 1.27 bits per heavy atom. The number of rotatable bonds is 5. The number of epoxide rings is 1. The van der Waals surface area contributed by atoms with E-state index in [9.17, 15) is 13.7 Å². The predicted molar refractivity (Wildman–Crippen MR) is 115 cm³/mol. The van der Waals surface area contributed by atoms with Crippen molar-refractivity contribution in [2.45, 2.75) is 74.6 Å². The Morgan fingerprint density at radius 3 is 2.47 bits per heavy atom. The van der Waals surface area contributed by atoms with Crippen molar-refractivity contribution in [1.29, 1.82) is 0 Å². The molecule has 0 amide bonds. The molecule has 3 atom stereocenters. The van der Waals surface area contributed by atoms with Gasteiger partial charge < -0.3 is 15.2 Å². The lowest BCUT2D eigenvalue weighted by molar-refractivity contribution is 0.0748. The SMILES string of the molecule is CC(C)(O)c1csc(S(N)(=O)=NC2OC2Nc2c3c(cc4c2CCC4)CCC3)c1F. The summed E-state index contributed by atoms with van der Waals surface area (Å²) in [5.41, 5.74) is 5.37. The zero-order valence-corrected chi connectivity index (χ0v) is 18.7. The van der Waals surface area contributed by atoms with Crippen molar-refractivity contribution in [3.63, 3.8) is 0 Å². The molecule has 9 heteroatoms. The van der Waals surface area contributed by atoms with Crippen LogP contribution in [-0.4, -0.2) is 21.8 Å². The topological polar surface area (TPSA) is 100 Å². The first-order valence-corrected chi connectivity index (χ1v) is 12.7. The monoisotopic (exact) mass is 451 g/mol. The van der Waals surface area contributed by atoms with Crippen LogP contribution in [0, 0.1) is 5.82 Å². The Kier molecular flexibility index (Phi) is 4.75. The number of anilines is 1. The molecule has 1 saturated heterocycles. The smallest absolute Gasteiger partial charge is 0.205 e. The van der Waals surface area contributed by atoms with Gasteiger partial charge in [0.15, 0.2) is 16.3 Å². The summed E-state index contributed by atoms with van der Waals surface area (Å²) in [6, 6.07) is 2.36. The van der Waals surface area contributed by atoms with Crippen molar-refractivity contribution in [3.05, 3.63) is 45.1 Å². The van der Waals surface area contributed by atoms with Gasteiger partial charge in [-0.25, -0.2) is 13.7 Å². The van der Waals surface area contributed by atoms with Crippen LogP contribution in [0.3, 0.4) is 0 Å². The van der Waals surface area contributed by atoms with E-state index in [1.54, 1.807) is 0 Å². The lowest BCUT2D eigenvalue weighted by atomic mass is 9.98. The first-order valence-electron chi connectivity index (χ1n) is 10.3. The summed E-state index contributed by atoms with van der Waals surface area (Å²) in [6.45, 7) is 2.94. The van der Waals surface area contributed by atoms with Gasteiger partial charge in [0, 0.05) is 16.6 Å². The molecule has 3 unspecified atom stereocenters. The average Bonchev–Trinajstić information content (AvgIpc) is 3.08. The summed E-state index contributed by atoms with van der Waals surface area (Å²) in [7, 11) is -3.47. The van der Waals surface area contributed by atoms with Crippen LogP contribution in [-0.2, 0) is 45.9 Å². The number of fused-ring (bicyclic) bond motifs is 2. The normalized spacial score (nSPS) is 24.3. The molecule has 0 bridgehead atoms. The molecule has 6 nitrogen and oxygen atoms in total. The summed E-state index contributed by atoms with van der Waals surface area (Å²) in [5.74, 6) is -0.757. The van der Waals surface area contributed by atoms with Crippen molar-refractivity contribution < 1.29 is 18.4 Å². The number of aliphatic hydroxyl groups is 1. The van der Waals surface area contributed by atoms with Crippen LogP contribution in [0.2, 0.25) is 0 Å². The summed E-state index contributed by atoms with van der Waals surface area (Å²) in [5, 5.41) is 20.9. The molecule has 2 heterocycles. The van der Waals surface area contributed by atoms with E-state index < -0.39 is 33.8 Å². The minimum absolute atomic E-state index is 0.0673. The van der Waals surface area contributed by atoms with E-state index in [1.807, 2.05) is 0 Å². The molecule has 1 aromatic carbocycles. The second kappa shape index (κ2) is 7.00. The number of benzene rings is 1. The van der Waals surface area contributed by atoms with Gasteiger partial charge in [0.1, 0.15) is 9.92 Å². The number of hydrogen-bond acceptors (Lipinski definition) is 6. The lowest BCUT2D eigenvalue weighted by Crippen LogP contribution is -2.19. The number of nitrogens with two attached hydrogens (primary N) is 1. The Morgan fingerprint density at radius 2 is 1.90 bits per heavy atom. The first-order chi connectivity index (χ1) is 14.1. The van der Waals surface area contributed by atoms with Crippen LogP contribution in [0.5, 0.6) is 0 Å². The standard InChI is InChI=1S/C21H26FN3O3S2/c1-21(2,26)15-10-29-20(16(15)22)30(23,27)25-19-18(28-19)24-17-13-7-3-5-11(13)9-12-6-4-8-14(12)17/h9-10,18-19,24,26H,3-8H2,1-2H3,(H2,23,25,27). The van der Waals surface area contributed by atoms with Crippen molar-refractivity contribution in [1.82, 2.24) is 0 Å². The third kappa shape index (κ3) is 3.46. The average molecular weight is 452 g/mol. The van der Waals surface area contributed by atoms with E-state index in [2.05, 4.69) is 15.7 Å². The fraction of sp³-hybridized carbons (Fsp3) is 0.524. The summed E-state index contributed by atoms with van der Waals surface area (Å²) in [4.78, 5) is 0. The van der Waals surface area contributed by atoms with Gasteiger partial charge in [0.2, 0.25) is 6.23 Å². The number of aryl methyl sites for hydroxylation is 2. The maximum absolute atomic E-state index is 14.7. The molecule has 2 aromatic rings. The quantitative estimate of drug-likeness (QED) is 0.605. The fourth-order valence-corrected chi connectivity index (χ4v) is 7.15. The van der Waals surface area contributed by atoms with Crippen LogP contribution in [0.15, 0.2) is 20.0 Å². The van der Waals surface area contributed by atoms with Gasteiger partial charge in [-0.05, 0) is 74.6 Å². The highest BCUT2D eigenvalue weighted by molar-refractivity contribution is 7.93. The van der Waals surface area contributed by atoms with Crippen molar-refractivity contribution in [2.24, 2.45) is 9.50 Å². The maximum Gasteiger partial charge on any atom is 0.205 e. The van der Waals surface area contributed by atoms with E-state index in [4.69, 9.17) is 9.88 Å². The zero-order valence-electron chi connectivity index (χ0n) is 17.0. The van der Waals surface area contributed by atoms with E-state index in [1.165, 1.54) is 41.5 Å². The van der Waals surface area contributed by atoms with Crippen LogP contribution >= 0.6 is 11.3 Å². The molecule has 3 aliphatic rings. The van der Waals surface area contributed by atoms with Crippen LogP contribution in [0.25, 0.3) is 0 Å². The van der Waals surface area contributed by atoms with Crippen LogP contribution in [0.4, 0.5) is 10.1 Å². The van der Waals surface area contributed by atoms with Gasteiger partial charge in [-0.15, -0.1) is 11.3 Å². The van der Waals surface area contributed by atoms with Crippen molar-refractivity contribution in [3.8, 4) is 0 Å². The second-order valence-electron chi connectivity index (χ2n) is 8.81. The first kappa shape index (κ1) is 20.4. The lowest BCUT2D eigenvalue weighted by Gasteiger charge is -2.16. The molecular weight excluding hydrogens is 425 g/mol. The third-order valence-electron chi connectivity index (χ3n) is 6.11. The van der Waals surface area contributed by atoms with Crippen molar-refractivity contribution >= 4 is 26.9 Å². The number of nitrogens with zero attached hydrogens (tertiary/aromatic N) is 1. The van der Waals surface area contributed by atoms with E-state index in [-0.39, 0.29) is 9.77 Å². The molecule has 0 radical (unpaired) electrons. The molecule has 1 fully saturated rings. The fourth-order valence-electron chi connectivity index (χ4n) is 4.56. The summed E-state index contributed by atoms with van der Waals surface area (Å²) < 4.78 is 37.2. The summed E-state index contributed by atoms with van der Waals surface area (Å²) >= 11 is 0.912. The van der Waals surface area contributed by atoms with Crippen LogP contribution in [0.1, 0.15) is 54.5 Å². The van der Waals surface area contributed by atoms with Crippen molar-refractivity contribution in [2.75, 3.05) is 5.32 Å². The molecule has 1 aromatic heterocycles. The summed E-state index contributed by atoms with van der Waals surface area (Å²) in [6.07, 6.45) is 5.52. The highest BCUT2D eigenvalue weighted by Crippen LogP contribution is 2.41. The number of hydrogen-bond donors (Lipinski definition) is 3.